The van der Waals surface area contributed by atoms with Gasteiger partial charge in [-0.2, -0.15) is 0 Å². The van der Waals surface area contributed by atoms with Crippen LogP contribution in [0.1, 0.15) is 120 Å². The summed E-state index contributed by atoms with van der Waals surface area (Å²) in [5.74, 6) is -2.90. The Morgan fingerprint density at radius 2 is 1.73 bits per heavy atom. The highest BCUT2D eigenvalue weighted by Crippen LogP contribution is 2.45. The molecule has 5 aliphatic rings. The maximum atomic E-state index is 15.0. The number of esters is 1. The molecule has 0 bridgehead atoms. The van der Waals surface area contributed by atoms with Gasteiger partial charge in [-0.15, -0.1) is 0 Å². The third kappa shape index (κ3) is 14.2. The summed E-state index contributed by atoms with van der Waals surface area (Å²) >= 11 is 0. The number of allylic oxidation sites excluding steroid dienone is 3. The van der Waals surface area contributed by atoms with Crippen LogP contribution in [-0.2, 0) is 33.2 Å². The van der Waals surface area contributed by atoms with Crippen molar-refractivity contribution in [3.05, 3.63) is 64.4 Å². The first-order valence-electron chi connectivity index (χ1n) is 27.5. The lowest BCUT2D eigenvalue weighted by atomic mass is 9.68. The molecule has 0 saturated carbocycles. The first-order valence-corrected chi connectivity index (χ1v) is 27.5. The molecule has 5 heterocycles. The van der Waals surface area contributed by atoms with E-state index in [1.807, 2.05) is 71.2 Å². The Morgan fingerprint density at radius 1 is 1.01 bits per heavy atom. The second-order valence-electron chi connectivity index (χ2n) is 23.6. The number of hydrazine groups is 1. The van der Waals surface area contributed by atoms with Crippen molar-refractivity contribution >= 4 is 11.5 Å². The first-order chi connectivity index (χ1) is 35.3. The summed E-state index contributed by atoms with van der Waals surface area (Å²) in [6.45, 7) is 18.9. The summed E-state index contributed by atoms with van der Waals surface area (Å²) in [5, 5.41) is 49.8. The number of rotatable bonds is 15. The quantitative estimate of drug-likeness (QED) is 0.0980. The molecule has 20 atom stereocenters. The van der Waals surface area contributed by atoms with E-state index in [9.17, 15) is 34.4 Å². The zero-order chi connectivity index (χ0) is 55.3. The fourth-order valence-corrected chi connectivity index (χ4v) is 13.0. The highest BCUT2D eigenvalue weighted by molar-refractivity contribution is 5.74. The lowest BCUT2D eigenvalue weighted by molar-refractivity contribution is -0.679. The molecule has 1 aromatic rings. The third-order valence-electron chi connectivity index (χ3n) is 17.7. The highest BCUT2D eigenvalue weighted by Gasteiger charge is 2.54. The average molecular weight is 1060 g/mol. The van der Waals surface area contributed by atoms with Crippen LogP contribution in [0.25, 0.3) is 5.57 Å². The van der Waals surface area contributed by atoms with Crippen LogP contribution >= 0.6 is 0 Å². The van der Waals surface area contributed by atoms with E-state index in [2.05, 4.69) is 34.6 Å². The number of aromatic nitrogens is 1. The molecule has 75 heavy (non-hydrogen) atoms. The minimum absolute atomic E-state index is 0.0336. The van der Waals surface area contributed by atoms with Gasteiger partial charge in [0.15, 0.2) is 6.29 Å². The Hall–Kier alpha value is -3.15. The van der Waals surface area contributed by atoms with Crippen molar-refractivity contribution in [2.24, 2.45) is 29.6 Å². The maximum absolute atomic E-state index is 15.0. The van der Waals surface area contributed by atoms with Crippen molar-refractivity contribution in [2.45, 2.75) is 204 Å². The molecule has 1 aromatic heterocycles. The Kier molecular flexibility index (Phi) is 21.0. The van der Waals surface area contributed by atoms with Crippen molar-refractivity contribution in [1.29, 1.82) is 0 Å². The smallest absolute Gasteiger partial charge is 0.309 e. The number of nitrogens with one attached hydrogen (secondary N) is 2. The van der Waals surface area contributed by atoms with Gasteiger partial charge in [0.25, 0.3) is 0 Å². The molecule has 3 fully saturated rings. The minimum atomic E-state index is -1.80. The van der Waals surface area contributed by atoms with Crippen LogP contribution in [0.3, 0.4) is 0 Å². The van der Waals surface area contributed by atoms with Crippen molar-refractivity contribution < 1.29 is 63.5 Å². The summed E-state index contributed by atoms with van der Waals surface area (Å²) in [7, 11) is 7.13. The van der Waals surface area contributed by atoms with Crippen molar-refractivity contribution in [2.75, 3.05) is 48.1 Å². The van der Waals surface area contributed by atoms with Gasteiger partial charge in [-0.25, -0.2) is 9.82 Å². The summed E-state index contributed by atoms with van der Waals surface area (Å²) < 4.78 is 53.6. The molecule has 2 unspecified atom stereocenters. The number of hydrogen-bond donors (Lipinski definition) is 7. The number of hydrogen-bond acceptors (Lipinski definition) is 16. The van der Waals surface area contributed by atoms with E-state index < -0.39 is 108 Å². The van der Waals surface area contributed by atoms with Gasteiger partial charge in [0.1, 0.15) is 42.3 Å². The normalized spacial score (nSPS) is 40.8. The number of aliphatic hydroxyl groups excluding tert-OH is 2. The number of carbonyl (C=O) groups excluding carboxylic acids is 1. The number of cyclic esters (lactones) is 1. The molecule has 4 aliphatic heterocycles. The van der Waals surface area contributed by atoms with Crippen LogP contribution in [0.5, 0.6) is 0 Å². The molecule has 426 valence electrons. The molecular weight excluding hydrogens is 968 g/mol. The van der Waals surface area contributed by atoms with E-state index in [0.29, 0.717) is 32.4 Å². The first kappa shape index (κ1) is 61.1. The summed E-state index contributed by atoms with van der Waals surface area (Å²) in [6.07, 6.45) is 6.22. The number of aromatic amines is 1. The average Bonchev–Trinajstić information content (AvgIpc) is 3.84. The molecule has 18 nitrogen and oxygen atoms in total. The Labute approximate surface area is 445 Å². The number of nitrogens with zero attached hydrogens (tertiary/aromatic N) is 3. The molecule has 0 aromatic carbocycles. The fraction of sp³-hybridized carbons (Fsp3) is 0.786. The van der Waals surface area contributed by atoms with Crippen LogP contribution in [0, 0.1) is 29.6 Å². The van der Waals surface area contributed by atoms with Crippen molar-refractivity contribution in [1.82, 2.24) is 25.3 Å². The number of quaternary nitrogens is 1. The summed E-state index contributed by atoms with van der Waals surface area (Å²) in [4.78, 5) is 33.2. The predicted octanol–water partition coefficient (Wildman–Crippen LogP) is 3.80. The minimum Gasteiger partial charge on any atom is -0.459 e. The van der Waals surface area contributed by atoms with Gasteiger partial charge in [0, 0.05) is 82.8 Å². The molecule has 0 radical (unpaired) electrons. The number of carbonyl (C=O) groups is 1. The maximum Gasteiger partial charge on any atom is 0.309 e. The molecule has 0 amide bonds. The van der Waals surface area contributed by atoms with Gasteiger partial charge < -0.3 is 63.6 Å². The second-order valence-corrected chi connectivity index (χ2v) is 23.6. The van der Waals surface area contributed by atoms with E-state index in [0.717, 1.165) is 23.3 Å². The molecule has 8 N–H and O–H groups in total. The molecule has 0 spiro atoms. The molecule has 1 aliphatic carbocycles. The van der Waals surface area contributed by atoms with E-state index in [1.54, 1.807) is 52.3 Å². The number of likely N-dealkylation sites (N-methyl/N-ethyl adjacent to an activating group) is 1. The zero-order valence-electron chi connectivity index (χ0n) is 47.3. The Balaban J connectivity index is 1.21. The zero-order valence-corrected chi connectivity index (χ0v) is 47.3. The standard InChI is InChI=1S/C56H93FN6O12/c1-15-45-56(10,69)50(65)36(6)62(12)30-32(2)26-54(8,68)52(34(4)48(35(5)53(67)74-45)44-27-55(9,71-14)51(66)37(7)73-44)75-47-25-42(24-33(3)72-47)61(11)23-22-41-31-63(60-59-41)43(28-57)49(70-13)39-18-16-38(17-19-39)40-20-21-46(64)58-29-40/h16-18,20-21,29,31-37,39,42-45,47-52,59-60,65-66,68-69H,15,19,22-28,30H2,1-14H3,(H,58,64)/p+1/t32-,33-,34+,35-,36-,37+,39?,42+,43-,44?,45-,47+,48+,49-,50-,51+,52-,54-,55-,56-/m1/s1. The van der Waals surface area contributed by atoms with Crippen LogP contribution in [-0.4, -0.2) is 184 Å². The predicted molar refractivity (Wildman–Crippen MR) is 283 cm³/mol. The van der Waals surface area contributed by atoms with E-state index in [1.165, 1.54) is 13.0 Å². The van der Waals surface area contributed by atoms with Crippen LogP contribution in [0.15, 0.2) is 53.2 Å². The Bertz CT molecular complexity index is 2160. The van der Waals surface area contributed by atoms with E-state index >= 15 is 0 Å². The number of aliphatic hydroxyl groups is 4. The fourth-order valence-electron chi connectivity index (χ4n) is 13.0. The number of H-pyrrole nitrogens is 1. The van der Waals surface area contributed by atoms with Crippen LogP contribution in [0.4, 0.5) is 4.39 Å². The van der Waals surface area contributed by atoms with Gasteiger partial charge in [-0.1, -0.05) is 51.5 Å². The highest BCUT2D eigenvalue weighted by atomic mass is 19.1. The summed E-state index contributed by atoms with van der Waals surface area (Å²) in [5.41, 5.74) is 3.62. The molecule has 3 saturated heterocycles. The lowest BCUT2D eigenvalue weighted by Crippen LogP contribution is -2.91. The van der Waals surface area contributed by atoms with Gasteiger partial charge in [-0.05, 0) is 110 Å². The van der Waals surface area contributed by atoms with Gasteiger partial charge in [0.2, 0.25) is 5.56 Å². The monoisotopic (exact) mass is 1060 g/mol. The Morgan fingerprint density at radius 3 is 2.35 bits per heavy atom. The number of pyridine rings is 1. The van der Waals surface area contributed by atoms with Crippen molar-refractivity contribution in [3.8, 4) is 0 Å². The number of methoxy groups -OCH3 is 2. The van der Waals surface area contributed by atoms with Crippen molar-refractivity contribution in [3.63, 3.8) is 0 Å². The molecule has 6 rings (SSSR count). The van der Waals surface area contributed by atoms with Gasteiger partial charge in [0.05, 0.1) is 53.8 Å². The number of ether oxygens (including phenoxy) is 6. The van der Waals surface area contributed by atoms with Crippen LogP contribution < -0.4 is 16.5 Å². The molecular formula is C56H94FN6O12+. The number of halogens is 1. The SMILES string of the molecule is CC[C@H]1OC(=O)[C@H](C)[C@@H](C2C[C@@](C)(OC)[C@@H](O)[C@H](C)O2)[C@H](C)[C@@H](O[C@H]2C[C@@H](N(C)CCC3=CN([C@H](CF)[C@H](OC)C4C=CC(c5ccc(=O)[nH]c5)=CC4)N[NH2+]3)C[C@@H](C)O2)[C@](C)(O)C[C@@H](C)CN(C)[C@H](C)[C@@H](O)[C@]1(C)O. The van der Waals surface area contributed by atoms with E-state index in [-0.39, 0.29) is 48.8 Å². The third-order valence-corrected chi connectivity index (χ3v) is 17.7. The van der Waals surface area contributed by atoms with Crippen LogP contribution in [0.2, 0.25) is 0 Å². The number of alkyl halides is 1. The largest absolute Gasteiger partial charge is 0.459 e. The van der Waals surface area contributed by atoms with E-state index in [4.69, 9.17) is 28.4 Å². The number of nitrogens with two attached hydrogens (primary N) is 1. The summed E-state index contributed by atoms with van der Waals surface area (Å²) in [6, 6.07) is 2.19. The molecule has 19 heteroatoms. The second kappa shape index (κ2) is 25.8. The lowest BCUT2D eigenvalue weighted by Gasteiger charge is -2.51. The topological polar surface area (TPSA) is 225 Å². The van der Waals surface area contributed by atoms with Gasteiger partial charge in [-0.3, -0.25) is 14.6 Å². The van der Waals surface area contributed by atoms with Gasteiger partial charge >= 0.3 is 5.97 Å².